The molecule has 2 aromatic carbocycles. The smallest absolute Gasteiger partial charge is 0.0511 e. The number of hydrogen-bond donors (Lipinski definition) is 1. The van der Waals surface area contributed by atoms with Gasteiger partial charge in [-0.3, -0.25) is 0 Å². The molecule has 2 nitrogen and oxygen atoms in total. The molecule has 0 amide bonds. The van der Waals surface area contributed by atoms with E-state index < -0.39 is 0 Å². The van der Waals surface area contributed by atoms with E-state index in [-0.39, 0.29) is 12.1 Å². The van der Waals surface area contributed by atoms with E-state index in [0.717, 1.165) is 11.4 Å². The van der Waals surface area contributed by atoms with Crippen LogP contribution in [0.2, 0.25) is 5.02 Å². The van der Waals surface area contributed by atoms with Crippen molar-refractivity contribution in [2.45, 2.75) is 32.4 Å². The Balaban J connectivity index is 2.33. The molecule has 2 unspecified atom stereocenters. The second-order valence-electron chi connectivity index (χ2n) is 5.42. The Bertz CT molecular complexity index is 597. The summed E-state index contributed by atoms with van der Waals surface area (Å²) in [6, 6.07) is 16.7. The third-order valence-electron chi connectivity index (χ3n) is 4.07. The molecule has 0 spiro atoms. The SMILES string of the molecule is CCC(N)c1ccccc1N(C)C(C)c1cccc(Cl)c1. The minimum absolute atomic E-state index is 0.0650. The molecule has 0 saturated heterocycles. The van der Waals surface area contributed by atoms with E-state index in [4.69, 9.17) is 17.3 Å². The van der Waals surface area contributed by atoms with E-state index in [1.165, 1.54) is 16.8 Å². The lowest BCUT2D eigenvalue weighted by Crippen LogP contribution is -2.24. The maximum Gasteiger partial charge on any atom is 0.0511 e. The van der Waals surface area contributed by atoms with Gasteiger partial charge < -0.3 is 10.6 Å². The summed E-state index contributed by atoms with van der Waals surface area (Å²) in [5.74, 6) is 0. The van der Waals surface area contributed by atoms with Crippen molar-refractivity contribution in [1.82, 2.24) is 0 Å². The summed E-state index contributed by atoms with van der Waals surface area (Å²) < 4.78 is 0. The standard InChI is InChI=1S/C18H23ClN2/c1-4-17(20)16-10-5-6-11-18(16)21(3)13(2)14-8-7-9-15(19)12-14/h5-13,17H,4,20H2,1-3H3. The Kier molecular flexibility index (Phi) is 5.27. The van der Waals surface area contributed by atoms with Crippen molar-refractivity contribution < 1.29 is 0 Å². The predicted molar refractivity (Wildman–Crippen MR) is 91.9 cm³/mol. The topological polar surface area (TPSA) is 29.3 Å². The molecule has 0 saturated carbocycles. The summed E-state index contributed by atoms with van der Waals surface area (Å²) in [5.41, 5.74) is 9.82. The molecule has 0 heterocycles. The first kappa shape index (κ1) is 15.9. The highest BCUT2D eigenvalue weighted by Crippen LogP contribution is 2.32. The maximum absolute atomic E-state index is 6.25. The number of hydrogen-bond acceptors (Lipinski definition) is 2. The average molecular weight is 303 g/mol. The lowest BCUT2D eigenvalue weighted by atomic mass is 10.0. The summed E-state index contributed by atoms with van der Waals surface area (Å²) in [6.07, 6.45) is 0.927. The Morgan fingerprint density at radius 3 is 2.52 bits per heavy atom. The Labute approximate surface area is 132 Å². The highest BCUT2D eigenvalue weighted by atomic mass is 35.5. The molecule has 0 fully saturated rings. The minimum Gasteiger partial charge on any atom is -0.368 e. The first-order valence-corrected chi connectivity index (χ1v) is 7.75. The zero-order chi connectivity index (χ0) is 15.4. The van der Waals surface area contributed by atoms with Crippen molar-refractivity contribution in [3.05, 3.63) is 64.7 Å². The fourth-order valence-electron chi connectivity index (χ4n) is 2.54. The first-order chi connectivity index (χ1) is 10.0. The number of anilines is 1. The number of rotatable bonds is 5. The van der Waals surface area contributed by atoms with Crippen molar-refractivity contribution in [1.29, 1.82) is 0 Å². The van der Waals surface area contributed by atoms with Gasteiger partial charge in [-0.2, -0.15) is 0 Å². The number of halogens is 1. The zero-order valence-corrected chi connectivity index (χ0v) is 13.6. The number of para-hydroxylation sites is 1. The molecule has 2 rings (SSSR count). The van der Waals surface area contributed by atoms with E-state index in [2.05, 4.69) is 50.1 Å². The molecule has 2 atom stereocenters. The molecule has 0 radical (unpaired) electrons. The van der Waals surface area contributed by atoms with Crippen molar-refractivity contribution in [3.63, 3.8) is 0 Å². The molecule has 0 aromatic heterocycles. The van der Waals surface area contributed by atoms with Gasteiger partial charge in [-0.05, 0) is 42.7 Å². The predicted octanol–water partition coefficient (Wildman–Crippen LogP) is 4.95. The van der Waals surface area contributed by atoms with Crippen LogP contribution in [0.15, 0.2) is 48.5 Å². The molecule has 0 aliphatic heterocycles. The van der Waals surface area contributed by atoms with Crippen molar-refractivity contribution in [2.24, 2.45) is 5.73 Å². The van der Waals surface area contributed by atoms with Crippen LogP contribution in [0.5, 0.6) is 0 Å². The van der Waals surface area contributed by atoms with Crippen molar-refractivity contribution in [2.75, 3.05) is 11.9 Å². The third-order valence-corrected chi connectivity index (χ3v) is 4.30. The molecule has 2 N–H and O–H groups in total. The van der Waals surface area contributed by atoms with Gasteiger partial charge in [-0.25, -0.2) is 0 Å². The maximum atomic E-state index is 6.25. The van der Waals surface area contributed by atoms with Crippen LogP contribution in [0.3, 0.4) is 0 Å². The lowest BCUT2D eigenvalue weighted by Gasteiger charge is -2.30. The van der Waals surface area contributed by atoms with Crippen LogP contribution in [-0.4, -0.2) is 7.05 Å². The minimum atomic E-state index is 0.0650. The van der Waals surface area contributed by atoms with Gasteiger partial charge in [0.05, 0.1) is 6.04 Å². The molecule has 0 bridgehead atoms. The Morgan fingerprint density at radius 2 is 1.86 bits per heavy atom. The molecule has 2 aromatic rings. The molecule has 0 aliphatic rings. The van der Waals surface area contributed by atoms with E-state index in [1.54, 1.807) is 0 Å². The number of benzene rings is 2. The monoisotopic (exact) mass is 302 g/mol. The van der Waals surface area contributed by atoms with Crippen LogP contribution in [0.4, 0.5) is 5.69 Å². The summed E-state index contributed by atoms with van der Waals surface area (Å²) >= 11 is 6.11. The fraction of sp³-hybridized carbons (Fsp3) is 0.333. The van der Waals surface area contributed by atoms with Gasteiger partial charge in [-0.1, -0.05) is 48.9 Å². The molecule has 3 heteroatoms. The average Bonchev–Trinajstić information content (AvgIpc) is 2.52. The second-order valence-corrected chi connectivity index (χ2v) is 5.85. The third kappa shape index (κ3) is 3.58. The number of nitrogens with two attached hydrogens (primary N) is 1. The molecule has 112 valence electrons. The highest BCUT2D eigenvalue weighted by Gasteiger charge is 2.17. The summed E-state index contributed by atoms with van der Waals surface area (Å²) in [4.78, 5) is 2.26. The van der Waals surface area contributed by atoms with Crippen molar-refractivity contribution in [3.8, 4) is 0 Å². The van der Waals surface area contributed by atoms with E-state index in [0.29, 0.717) is 0 Å². The van der Waals surface area contributed by atoms with Crippen LogP contribution in [0.25, 0.3) is 0 Å². The summed E-state index contributed by atoms with van der Waals surface area (Å²) in [7, 11) is 2.10. The van der Waals surface area contributed by atoms with Gasteiger partial charge in [0, 0.05) is 23.8 Å². The molecular formula is C18H23ClN2. The Morgan fingerprint density at radius 1 is 1.14 bits per heavy atom. The largest absolute Gasteiger partial charge is 0.368 e. The van der Waals surface area contributed by atoms with Gasteiger partial charge in [0.1, 0.15) is 0 Å². The molecule has 21 heavy (non-hydrogen) atoms. The van der Waals surface area contributed by atoms with E-state index in [9.17, 15) is 0 Å². The normalized spacial score (nSPS) is 13.8. The van der Waals surface area contributed by atoms with Gasteiger partial charge in [0.15, 0.2) is 0 Å². The second kappa shape index (κ2) is 6.97. The van der Waals surface area contributed by atoms with Gasteiger partial charge >= 0.3 is 0 Å². The van der Waals surface area contributed by atoms with E-state index >= 15 is 0 Å². The number of nitrogens with zero attached hydrogens (tertiary/aromatic N) is 1. The van der Waals surface area contributed by atoms with Crippen LogP contribution in [0.1, 0.15) is 43.5 Å². The first-order valence-electron chi connectivity index (χ1n) is 7.37. The summed E-state index contributed by atoms with van der Waals surface area (Å²) in [6.45, 7) is 4.29. The van der Waals surface area contributed by atoms with Gasteiger partial charge in [0.2, 0.25) is 0 Å². The highest BCUT2D eigenvalue weighted by molar-refractivity contribution is 6.30. The quantitative estimate of drug-likeness (QED) is 0.847. The van der Waals surface area contributed by atoms with Gasteiger partial charge in [-0.15, -0.1) is 0 Å². The zero-order valence-electron chi connectivity index (χ0n) is 12.9. The molecular weight excluding hydrogens is 280 g/mol. The fourth-order valence-corrected chi connectivity index (χ4v) is 2.74. The van der Waals surface area contributed by atoms with Crippen LogP contribution in [0, 0.1) is 0 Å². The van der Waals surface area contributed by atoms with Crippen molar-refractivity contribution >= 4 is 17.3 Å². The Hall–Kier alpha value is -1.51. The molecule has 0 aliphatic carbocycles. The summed E-state index contributed by atoms with van der Waals surface area (Å²) in [5, 5.41) is 0.770. The van der Waals surface area contributed by atoms with Crippen LogP contribution >= 0.6 is 11.6 Å². The van der Waals surface area contributed by atoms with Crippen LogP contribution < -0.4 is 10.6 Å². The van der Waals surface area contributed by atoms with E-state index in [1.807, 2.05) is 24.3 Å². The van der Waals surface area contributed by atoms with Gasteiger partial charge in [0.25, 0.3) is 0 Å². The van der Waals surface area contributed by atoms with Crippen LogP contribution in [-0.2, 0) is 0 Å². The lowest BCUT2D eigenvalue weighted by molar-refractivity contribution is 0.679.